The highest BCUT2D eigenvalue weighted by Crippen LogP contribution is 2.35. The number of rotatable bonds is 2. The Morgan fingerprint density at radius 3 is 2.44 bits per heavy atom. The van der Waals surface area contributed by atoms with Gasteiger partial charge in [0.2, 0.25) is 0 Å². The molecule has 1 atom stereocenters. The molecule has 1 nitrogen and oxygen atoms in total. The summed E-state index contributed by atoms with van der Waals surface area (Å²) in [5.41, 5.74) is 0.457. The van der Waals surface area contributed by atoms with Gasteiger partial charge >= 0.3 is 0 Å². The van der Waals surface area contributed by atoms with Gasteiger partial charge in [0.05, 0.1) is 5.76 Å². The van der Waals surface area contributed by atoms with Crippen molar-refractivity contribution in [2.45, 2.75) is 78.8 Å². The van der Waals surface area contributed by atoms with Crippen LogP contribution in [0.15, 0.2) is 11.8 Å². The van der Waals surface area contributed by atoms with Gasteiger partial charge in [-0.15, -0.1) is 0 Å². The molecule has 1 unspecified atom stereocenters. The summed E-state index contributed by atoms with van der Waals surface area (Å²) in [6.45, 7) is 11.6. The molecule has 1 aliphatic carbocycles. The summed E-state index contributed by atoms with van der Waals surface area (Å²) in [6.07, 6.45) is 11.5. The zero-order valence-corrected chi connectivity index (χ0v) is 14.0. The van der Waals surface area contributed by atoms with Gasteiger partial charge in [-0.25, -0.2) is 0 Å². The van der Waals surface area contributed by atoms with Gasteiger partial charge in [-0.1, -0.05) is 33.6 Å². The quantitative estimate of drug-likeness (QED) is 0.596. The lowest BCUT2D eigenvalue weighted by Gasteiger charge is -2.31. The van der Waals surface area contributed by atoms with Gasteiger partial charge in [0.25, 0.3) is 9.04 Å². The number of hydrogen-bond acceptors (Lipinski definition) is 1. The molecule has 1 aliphatic rings. The predicted octanol–water partition coefficient (Wildman–Crippen LogP) is 5.54. The van der Waals surface area contributed by atoms with E-state index in [1.54, 1.807) is 0 Å². The Labute approximate surface area is 116 Å². The minimum Gasteiger partial charge on any atom is -0.546 e. The fourth-order valence-electron chi connectivity index (χ4n) is 2.78. The number of allylic oxidation sites excluding steroid dienone is 2. The van der Waals surface area contributed by atoms with Crippen LogP contribution in [0.5, 0.6) is 0 Å². The van der Waals surface area contributed by atoms with Gasteiger partial charge in [0, 0.05) is 6.42 Å². The molecule has 0 aliphatic heterocycles. The van der Waals surface area contributed by atoms with Crippen molar-refractivity contribution in [1.29, 1.82) is 0 Å². The van der Waals surface area contributed by atoms with E-state index in [1.807, 2.05) is 0 Å². The van der Waals surface area contributed by atoms with Crippen molar-refractivity contribution in [3.63, 3.8) is 0 Å². The topological polar surface area (TPSA) is 9.23 Å². The highest BCUT2D eigenvalue weighted by atomic mass is 28.3. The standard InChI is InChI=1S/C16H31OSi/c1-16(2,3)14-10-7-6-8-12-15(13-9-11-14)17-18(4)5/h13-14H,6-12H2,1-5H3/b15-13+. The molecule has 0 saturated carbocycles. The average molecular weight is 268 g/mol. The van der Waals surface area contributed by atoms with E-state index in [-0.39, 0.29) is 0 Å². The molecule has 0 amide bonds. The Hall–Kier alpha value is -0.243. The molecule has 0 aromatic rings. The lowest BCUT2D eigenvalue weighted by atomic mass is 9.75. The van der Waals surface area contributed by atoms with Crippen LogP contribution in [0.4, 0.5) is 0 Å². The summed E-state index contributed by atoms with van der Waals surface area (Å²) >= 11 is 0. The Kier molecular flexibility index (Phi) is 6.48. The summed E-state index contributed by atoms with van der Waals surface area (Å²) in [4.78, 5) is 0. The van der Waals surface area contributed by atoms with E-state index in [1.165, 1.54) is 44.3 Å². The van der Waals surface area contributed by atoms with E-state index in [0.717, 1.165) is 12.3 Å². The normalized spacial score (nSPS) is 26.6. The maximum atomic E-state index is 6.01. The lowest BCUT2D eigenvalue weighted by molar-refractivity contribution is 0.205. The summed E-state index contributed by atoms with van der Waals surface area (Å²) < 4.78 is 6.01. The first-order valence-electron chi connectivity index (χ1n) is 7.56. The Balaban J connectivity index is 2.60. The van der Waals surface area contributed by atoms with Crippen LogP contribution in [0.2, 0.25) is 13.1 Å². The molecule has 1 radical (unpaired) electrons. The second-order valence-electron chi connectivity index (χ2n) is 6.92. The zero-order valence-electron chi connectivity index (χ0n) is 13.0. The maximum absolute atomic E-state index is 6.01. The van der Waals surface area contributed by atoms with E-state index in [4.69, 9.17) is 4.43 Å². The summed E-state index contributed by atoms with van der Waals surface area (Å²) in [5, 5.41) is 0. The monoisotopic (exact) mass is 267 g/mol. The van der Waals surface area contributed by atoms with E-state index in [9.17, 15) is 0 Å². The van der Waals surface area contributed by atoms with Crippen molar-refractivity contribution in [2.75, 3.05) is 0 Å². The first-order valence-corrected chi connectivity index (χ1v) is 9.97. The SMILES string of the molecule is C[Si](C)O/C1=C/CCC(C(C)(C)C)CCCCC1. The number of hydrogen-bond donors (Lipinski definition) is 0. The highest BCUT2D eigenvalue weighted by Gasteiger charge is 2.23. The molecule has 0 heterocycles. The molecular formula is C16H31OSi. The van der Waals surface area contributed by atoms with Gasteiger partial charge in [-0.2, -0.15) is 0 Å². The van der Waals surface area contributed by atoms with Crippen molar-refractivity contribution in [2.24, 2.45) is 11.3 Å². The molecule has 105 valence electrons. The van der Waals surface area contributed by atoms with Crippen LogP contribution in [0.3, 0.4) is 0 Å². The molecule has 2 heteroatoms. The van der Waals surface area contributed by atoms with Crippen LogP contribution in [0.25, 0.3) is 0 Å². The summed E-state index contributed by atoms with van der Waals surface area (Å²) in [6, 6.07) is 0. The van der Waals surface area contributed by atoms with Gasteiger partial charge in [-0.05, 0) is 56.2 Å². The van der Waals surface area contributed by atoms with Crippen LogP contribution in [0, 0.1) is 11.3 Å². The van der Waals surface area contributed by atoms with Crippen molar-refractivity contribution < 1.29 is 4.43 Å². The van der Waals surface area contributed by atoms with Crippen molar-refractivity contribution in [1.82, 2.24) is 0 Å². The van der Waals surface area contributed by atoms with E-state index in [2.05, 4.69) is 39.9 Å². The third-order valence-corrected chi connectivity index (χ3v) is 4.59. The van der Waals surface area contributed by atoms with Gasteiger partial charge < -0.3 is 4.43 Å². The predicted molar refractivity (Wildman–Crippen MR) is 81.9 cm³/mol. The van der Waals surface area contributed by atoms with Gasteiger partial charge in [-0.3, -0.25) is 0 Å². The van der Waals surface area contributed by atoms with Crippen LogP contribution in [-0.2, 0) is 4.43 Å². The molecule has 0 spiro atoms. The van der Waals surface area contributed by atoms with Gasteiger partial charge in [0.15, 0.2) is 0 Å². The minimum atomic E-state index is -0.592. The lowest BCUT2D eigenvalue weighted by Crippen LogP contribution is -2.20. The molecule has 0 N–H and O–H groups in total. The van der Waals surface area contributed by atoms with Crippen LogP contribution in [-0.4, -0.2) is 9.04 Å². The van der Waals surface area contributed by atoms with Crippen LogP contribution >= 0.6 is 0 Å². The molecule has 1 rings (SSSR count). The smallest absolute Gasteiger partial charge is 0.273 e. The molecule has 0 aromatic carbocycles. The largest absolute Gasteiger partial charge is 0.546 e. The Bertz CT molecular complexity index is 263. The minimum absolute atomic E-state index is 0.457. The van der Waals surface area contributed by atoms with Crippen molar-refractivity contribution >= 4 is 9.04 Å². The second kappa shape index (κ2) is 7.37. The average Bonchev–Trinajstić information content (AvgIpc) is 2.24. The highest BCUT2D eigenvalue weighted by molar-refractivity contribution is 6.48. The first-order chi connectivity index (χ1) is 8.39. The van der Waals surface area contributed by atoms with Crippen molar-refractivity contribution in [3.05, 3.63) is 11.8 Å². The second-order valence-corrected chi connectivity index (χ2v) is 8.94. The Morgan fingerprint density at radius 2 is 1.83 bits per heavy atom. The first kappa shape index (κ1) is 15.8. The molecular weight excluding hydrogens is 236 g/mol. The summed E-state index contributed by atoms with van der Waals surface area (Å²) in [7, 11) is -0.592. The van der Waals surface area contributed by atoms with E-state index < -0.39 is 9.04 Å². The van der Waals surface area contributed by atoms with Gasteiger partial charge in [0.1, 0.15) is 0 Å². The fraction of sp³-hybridized carbons (Fsp3) is 0.875. The third-order valence-electron chi connectivity index (χ3n) is 3.92. The maximum Gasteiger partial charge on any atom is 0.273 e. The molecule has 0 fully saturated rings. The third kappa shape index (κ3) is 6.08. The van der Waals surface area contributed by atoms with E-state index >= 15 is 0 Å². The van der Waals surface area contributed by atoms with Crippen molar-refractivity contribution in [3.8, 4) is 0 Å². The van der Waals surface area contributed by atoms with Crippen LogP contribution in [0.1, 0.15) is 65.7 Å². The zero-order chi connectivity index (χ0) is 13.6. The Morgan fingerprint density at radius 1 is 1.11 bits per heavy atom. The fourth-order valence-corrected chi connectivity index (χ4v) is 3.49. The molecule has 18 heavy (non-hydrogen) atoms. The molecule has 0 saturated heterocycles. The summed E-state index contributed by atoms with van der Waals surface area (Å²) in [5.74, 6) is 2.14. The van der Waals surface area contributed by atoms with Crippen LogP contribution < -0.4 is 0 Å². The molecule has 0 aromatic heterocycles. The molecule has 0 bridgehead atoms. The van der Waals surface area contributed by atoms with E-state index in [0.29, 0.717) is 5.41 Å².